The van der Waals surface area contributed by atoms with Crippen LogP contribution in [0.15, 0.2) is 84.3 Å². The Morgan fingerprint density at radius 3 is 2.43 bits per heavy atom. The van der Waals surface area contributed by atoms with E-state index >= 15 is 0 Å². The van der Waals surface area contributed by atoms with Gasteiger partial charge in [0.1, 0.15) is 6.17 Å². The predicted octanol–water partition coefficient (Wildman–Crippen LogP) is 4.46. The zero-order valence-electron chi connectivity index (χ0n) is 19.5. The molecule has 1 N–H and O–H groups in total. The summed E-state index contributed by atoms with van der Waals surface area (Å²) in [5.74, 6) is 0. The van der Waals surface area contributed by atoms with Gasteiger partial charge >= 0.3 is 0 Å². The van der Waals surface area contributed by atoms with Crippen LogP contribution in [0.4, 0.5) is 17.1 Å². The van der Waals surface area contributed by atoms with Crippen LogP contribution in [0.3, 0.4) is 0 Å². The molecular formula is C26H26N4O4S. The van der Waals surface area contributed by atoms with Gasteiger partial charge in [-0.05, 0) is 47.4 Å². The molecule has 0 saturated carbocycles. The Kier molecular flexibility index (Phi) is 5.41. The van der Waals surface area contributed by atoms with Crippen LogP contribution in [0.1, 0.15) is 17.5 Å². The van der Waals surface area contributed by atoms with Gasteiger partial charge in [0.2, 0.25) is 0 Å². The standard InChI is InChI=1S/C26H26N4O4S/c1-18(19-12-14-20(15-13-19)28(2)3)26-16-17-29(25(26)27-22-9-5-4-8-21(22)26)35(33,34)24-11-7-6-10-23(24)30(31)32/h4-15,25,27H,1,16-17H2,2-3H3/t25-,26+/m1/s1. The van der Waals surface area contributed by atoms with Gasteiger partial charge in [-0.3, -0.25) is 10.1 Å². The lowest BCUT2D eigenvalue weighted by molar-refractivity contribution is -0.387. The molecule has 2 heterocycles. The summed E-state index contributed by atoms with van der Waals surface area (Å²) in [4.78, 5) is 12.7. The first-order chi connectivity index (χ1) is 16.7. The minimum absolute atomic E-state index is 0.204. The highest BCUT2D eigenvalue weighted by Crippen LogP contribution is 2.56. The molecule has 1 saturated heterocycles. The van der Waals surface area contributed by atoms with E-state index in [1.807, 2.05) is 67.5 Å². The third-order valence-electron chi connectivity index (χ3n) is 7.10. The van der Waals surface area contributed by atoms with E-state index in [2.05, 4.69) is 11.9 Å². The molecule has 0 radical (unpaired) electrons. The molecule has 5 rings (SSSR count). The fourth-order valence-corrected chi connectivity index (χ4v) is 7.08. The zero-order chi connectivity index (χ0) is 25.0. The van der Waals surface area contributed by atoms with Crippen LogP contribution in [-0.4, -0.2) is 44.5 Å². The van der Waals surface area contributed by atoms with E-state index in [0.717, 1.165) is 28.1 Å². The van der Waals surface area contributed by atoms with Crippen molar-refractivity contribution in [3.05, 3.63) is 101 Å². The molecule has 2 atom stereocenters. The molecule has 0 spiro atoms. The smallest absolute Gasteiger partial charge is 0.289 e. The van der Waals surface area contributed by atoms with Crippen LogP contribution in [-0.2, 0) is 15.4 Å². The van der Waals surface area contributed by atoms with E-state index in [0.29, 0.717) is 6.42 Å². The Balaban J connectivity index is 1.62. The van der Waals surface area contributed by atoms with Gasteiger partial charge in [-0.15, -0.1) is 0 Å². The average Bonchev–Trinajstić information content (AvgIpc) is 3.39. The van der Waals surface area contributed by atoms with Gasteiger partial charge in [-0.1, -0.05) is 49.0 Å². The molecule has 2 aliphatic heterocycles. The molecule has 0 amide bonds. The van der Waals surface area contributed by atoms with E-state index in [1.54, 1.807) is 0 Å². The highest BCUT2D eigenvalue weighted by Gasteiger charge is 2.59. The Morgan fingerprint density at radius 2 is 1.74 bits per heavy atom. The lowest BCUT2D eigenvalue weighted by atomic mass is 9.71. The maximum atomic E-state index is 13.8. The van der Waals surface area contributed by atoms with Crippen LogP contribution >= 0.6 is 0 Å². The van der Waals surface area contributed by atoms with Crippen molar-refractivity contribution in [1.29, 1.82) is 0 Å². The monoisotopic (exact) mass is 490 g/mol. The molecule has 0 aliphatic carbocycles. The summed E-state index contributed by atoms with van der Waals surface area (Å²) in [6.07, 6.45) is -0.166. The van der Waals surface area contributed by atoms with Crippen molar-refractivity contribution in [2.75, 3.05) is 30.9 Å². The van der Waals surface area contributed by atoms with Gasteiger partial charge in [0.15, 0.2) is 4.90 Å². The van der Waals surface area contributed by atoms with Crippen LogP contribution < -0.4 is 10.2 Å². The maximum Gasteiger partial charge on any atom is 0.289 e. The topological polar surface area (TPSA) is 95.8 Å². The molecule has 2 aliphatic rings. The number of para-hydroxylation sites is 2. The summed E-state index contributed by atoms with van der Waals surface area (Å²) in [5.41, 5.74) is 3.45. The molecule has 180 valence electrons. The Labute approximate surface area is 204 Å². The van der Waals surface area contributed by atoms with Crippen LogP contribution in [0.25, 0.3) is 5.57 Å². The largest absolute Gasteiger partial charge is 0.378 e. The third-order valence-corrected chi connectivity index (χ3v) is 9.01. The summed E-state index contributed by atoms with van der Waals surface area (Å²) in [6.45, 7) is 4.67. The van der Waals surface area contributed by atoms with Gasteiger partial charge in [0.05, 0.1) is 10.3 Å². The number of nitro groups is 1. The van der Waals surface area contributed by atoms with E-state index in [9.17, 15) is 18.5 Å². The highest BCUT2D eigenvalue weighted by molar-refractivity contribution is 7.89. The fourth-order valence-electron chi connectivity index (χ4n) is 5.33. The quantitative estimate of drug-likeness (QED) is 0.405. The number of benzene rings is 3. The summed E-state index contributed by atoms with van der Waals surface area (Å²) in [7, 11) is -0.236. The SMILES string of the molecule is C=C(c1ccc(N(C)C)cc1)[C@]12CCN(S(=O)(=O)c3ccccc3[N+](=O)[O-])[C@H]1Nc1ccccc12. The lowest BCUT2D eigenvalue weighted by Gasteiger charge is -2.34. The van der Waals surface area contributed by atoms with Crippen molar-refractivity contribution in [2.45, 2.75) is 22.9 Å². The number of nitro benzene ring substituents is 1. The van der Waals surface area contributed by atoms with Crippen LogP contribution in [0, 0.1) is 10.1 Å². The number of nitrogens with zero attached hydrogens (tertiary/aromatic N) is 3. The van der Waals surface area contributed by atoms with E-state index < -0.39 is 32.2 Å². The summed E-state index contributed by atoms with van der Waals surface area (Å²) in [5, 5.41) is 15.0. The summed E-state index contributed by atoms with van der Waals surface area (Å²) in [6, 6.07) is 21.3. The molecular weight excluding hydrogens is 464 g/mol. The number of nitrogens with one attached hydrogen (secondary N) is 1. The van der Waals surface area contributed by atoms with E-state index in [1.165, 1.54) is 28.6 Å². The second-order valence-corrected chi connectivity index (χ2v) is 10.9. The normalized spacial score (nSPS) is 21.1. The summed E-state index contributed by atoms with van der Waals surface area (Å²) < 4.78 is 29.0. The first-order valence-electron chi connectivity index (χ1n) is 11.3. The maximum absolute atomic E-state index is 13.8. The summed E-state index contributed by atoms with van der Waals surface area (Å²) >= 11 is 0. The Hall–Kier alpha value is -3.69. The van der Waals surface area contributed by atoms with Crippen molar-refractivity contribution >= 4 is 32.7 Å². The zero-order valence-corrected chi connectivity index (χ0v) is 20.3. The highest BCUT2D eigenvalue weighted by atomic mass is 32.2. The molecule has 0 unspecified atom stereocenters. The molecule has 3 aromatic rings. The van der Waals surface area contributed by atoms with Gasteiger partial charge in [-0.2, -0.15) is 4.31 Å². The van der Waals surface area contributed by atoms with Crippen LogP contribution in [0.5, 0.6) is 0 Å². The first-order valence-corrected chi connectivity index (χ1v) is 12.7. The predicted molar refractivity (Wildman–Crippen MR) is 137 cm³/mol. The van der Waals surface area contributed by atoms with Crippen molar-refractivity contribution in [3.8, 4) is 0 Å². The minimum atomic E-state index is -4.18. The Morgan fingerprint density at radius 1 is 1.09 bits per heavy atom. The fraction of sp³-hybridized carbons (Fsp3) is 0.231. The average molecular weight is 491 g/mol. The van der Waals surface area contributed by atoms with Gasteiger partial charge in [-0.25, -0.2) is 8.42 Å². The van der Waals surface area contributed by atoms with Gasteiger partial charge in [0.25, 0.3) is 15.7 Å². The van der Waals surface area contributed by atoms with Crippen molar-refractivity contribution < 1.29 is 13.3 Å². The van der Waals surface area contributed by atoms with Crippen molar-refractivity contribution in [2.24, 2.45) is 0 Å². The van der Waals surface area contributed by atoms with Gasteiger partial charge < -0.3 is 10.2 Å². The van der Waals surface area contributed by atoms with Gasteiger partial charge in [0, 0.05) is 38.1 Å². The molecule has 1 fully saturated rings. The van der Waals surface area contributed by atoms with E-state index in [4.69, 9.17) is 0 Å². The number of sulfonamides is 1. The second-order valence-electron chi connectivity index (χ2n) is 9.07. The molecule has 0 aromatic heterocycles. The van der Waals surface area contributed by atoms with E-state index in [-0.39, 0.29) is 11.4 Å². The Bertz CT molecular complexity index is 1440. The third kappa shape index (κ3) is 3.42. The van der Waals surface area contributed by atoms with Crippen molar-refractivity contribution in [1.82, 2.24) is 4.31 Å². The number of rotatable bonds is 6. The van der Waals surface area contributed by atoms with Crippen LogP contribution in [0.2, 0.25) is 0 Å². The molecule has 8 nitrogen and oxygen atoms in total. The number of anilines is 2. The molecule has 35 heavy (non-hydrogen) atoms. The van der Waals surface area contributed by atoms with Crippen molar-refractivity contribution in [3.63, 3.8) is 0 Å². The molecule has 3 aromatic carbocycles. The number of fused-ring (bicyclic) bond motifs is 3. The lowest BCUT2D eigenvalue weighted by Crippen LogP contribution is -2.46. The molecule has 0 bridgehead atoms. The second kappa shape index (κ2) is 8.21. The first kappa shape index (κ1) is 23.1. The number of hydrogen-bond acceptors (Lipinski definition) is 6. The minimum Gasteiger partial charge on any atom is -0.378 e. The molecule has 9 heteroatoms. The number of hydrogen-bond donors (Lipinski definition) is 1.